The summed E-state index contributed by atoms with van der Waals surface area (Å²) in [4.78, 5) is 0. The van der Waals surface area contributed by atoms with Crippen molar-refractivity contribution in [2.75, 3.05) is 32.8 Å². The van der Waals surface area contributed by atoms with Crippen LogP contribution in [0.15, 0.2) is 42.5 Å². The van der Waals surface area contributed by atoms with Crippen molar-refractivity contribution in [2.24, 2.45) is 0 Å². The van der Waals surface area contributed by atoms with E-state index in [0.717, 1.165) is 5.56 Å². The maximum absolute atomic E-state index is 13.6. The Morgan fingerprint density at radius 2 is 1.82 bits per heavy atom. The van der Waals surface area contributed by atoms with Crippen LogP contribution in [0.5, 0.6) is 11.5 Å². The Morgan fingerprint density at radius 1 is 1.00 bits per heavy atom. The molecule has 4 nitrogen and oxygen atoms in total. The van der Waals surface area contributed by atoms with Crippen LogP contribution in [0.25, 0.3) is 0 Å². The fraction of sp³-hybridized carbons (Fsp3) is 0.294. The lowest BCUT2D eigenvalue weighted by Crippen LogP contribution is -2.06. The molecule has 0 spiro atoms. The zero-order chi connectivity index (χ0) is 15.8. The van der Waals surface area contributed by atoms with Gasteiger partial charge in [-0.05, 0) is 29.8 Å². The molecule has 0 saturated carbocycles. The van der Waals surface area contributed by atoms with Gasteiger partial charge in [0.05, 0.1) is 19.4 Å². The van der Waals surface area contributed by atoms with Crippen LogP contribution in [-0.4, -0.2) is 27.4 Å². The van der Waals surface area contributed by atoms with E-state index in [-0.39, 0.29) is 5.82 Å². The molecule has 0 aromatic heterocycles. The molecule has 0 amide bonds. The Labute approximate surface area is 129 Å². The molecule has 118 valence electrons. The highest BCUT2D eigenvalue weighted by molar-refractivity contribution is 5.47. The van der Waals surface area contributed by atoms with E-state index in [0.29, 0.717) is 36.9 Å². The SMILES string of the molecule is COCCOc1cc(CNc2ccccc2F)ccc1OC. The molecule has 0 atom stereocenters. The van der Waals surface area contributed by atoms with Gasteiger partial charge in [-0.1, -0.05) is 18.2 Å². The number of hydrogen-bond acceptors (Lipinski definition) is 4. The second-order valence-corrected chi connectivity index (χ2v) is 4.66. The molecular formula is C17H20FNO3. The summed E-state index contributed by atoms with van der Waals surface area (Å²) in [5, 5.41) is 3.07. The van der Waals surface area contributed by atoms with Crippen LogP contribution in [0.3, 0.4) is 0 Å². The minimum absolute atomic E-state index is 0.271. The maximum atomic E-state index is 13.6. The number of para-hydroxylation sites is 1. The smallest absolute Gasteiger partial charge is 0.161 e. The lowest BCUT2D eigenvalue weighted by molar-refractivity contribution is 0.144. The lowest BCUT2D eigenvalue weighted by atomic mass is 10.2. The fourth-order valence-corrected chi connectivity index (χ4v) is 1.98. The minimum atomic E-state index is -0.271. The van der Waals surface area contributed by atoms with E-state index in [2.05, 4.69) is 5.32 Å². The number of benzene rings is 2. The Kier molecular flexibility index (Phi) is 6.03. The summed E-state index contributed by atoms with van der Waals surface area (Å²) in [6, 6.07) is 12.2. The van der Waals surface area contributed by atoms with Crippen molar-refractivity contribution in [1.29, 1.82) is 0 Å². The van der Waals surface area contributed by atoms with Crippen LogP contribution >= 0.6 is 0 Å². The van der Waals surface area contributed by atoms with E-state index in [1.807, 2.05) is 18.2 Å². The van der Waals surface area contributed by atoms with Crippen molar-refractivity contribution in [3.63, 3.8) is 0 Å². The molecule has 0 unspecified atom stereocenters. The second-order valence-electron chi connectivity index (χ2n) is 4.66. The van der Waals surface area contributed by atoms with Gasteiger partial charge in [-0.25, -0.2) is 4.39 Å². The van der Waals surface area contributed by atoms with Crippen molar-refractivity contribution >= 4 is 5.69 Å². The molecule has 0 aliphatic rings. The van der Waals surface area contributed by atoms with Crippen LogP contribution < -0.4 is 14.8 Å². The van der Waals surface area contributed by atoms with Crippen LogP contribution in [0, 0.1) is 5.82 Å². The van der Waals surface area contributed by atoms with Crippen molar-refractivity contribution in [3.05, 3.63) is 53.8 Å². The third kappa shape index (κ3) is 4.36. The standard InChI is InChI=1S/C17H20FNO3/c1-20-9-10-22-17-11-13(7-8-16(17)21-2)12-19-15-6-4-3-5-14(15)18/h3-8,11,19H,9-10,12H2,1-2H3. The largest absolute Gasteiger partial charge is 0.493 e. The Morgan fingerprint density at radius 3 is 2.55 bits per heavy atom. The first-order valence-corrected chi connectivity index (χ1v) is 7.01. The first kappa shape index (κ1) is 16.1. The molecule has 1 N–H and O–H groups in total. The summed E-state index contributed by atoms with van der Waals surface area (Å²) >= 11 is 0. The van der Waals surface area contributed by atoms with Crippen LogP contribution in [0.1, 0.15) is 5.56 Å². The molecule has 0 saturated heterocycles. The van der Waals surface area contributed by atoms with Gasteiger partial charge in [0, 0.05) is 13.7 Å². The highest BCUT2D eigenvalue weighted by atomic mass is 19.1. The van der Waals surface area contributed by atoms with Gasteiger partial charge in [0.15, 0.2) is 11.5 Å². The number of hydrogen-bond donors (Lipinski definition) is 1. The second kappa shape index (κ2) is 8.24. The third-order valence-corrected chi connectivity index (χ3v) is 3.13. The molecule has 0 radical (unpaired) electrons. The van der Waals surface area contributed by atoms with E-state index in [4.69, 9.17) is 14.2 Å². The minimum Gasteiger partial charge on any atom is -0.493 e. The van der Waals surface area contributed by atoms with Gasteiger partial charge in [-0.2, -0.15) is 0 Å². The van der Waals surface area contributed by atoms with Crippen LogP contribution in [0.2, 0.25) is 0 Å². The number of rotatable bonds is 8. The number of anilines is 1. The normalized spacial score (nSPS) is 10.3. The van der Waals surface area contributed by atoms with E-state index >= 15 is 0 Å². The Balaban J connectivity index is 2.04. The molecule has 2 aromatic carbocycles. The summed E-state index contributed by atoms with van der Waals surface area (Å²) in [5.41, 5.74) is 1.44. The molecule has 0 bridgehead atoms. The van der Waals surface area contributed by atoms with Gasteiger partial charge in [0.1, 0.15) is 12.4 Å². The number of nitrogens with one attached hydrogen (secondary N) is 1. The van der Waals surface area contributed by atoms with E-state index < -0.39 is 0 Å². The lowest BCUT2D eigenvalue weighted by Gasteiger charge is -2.13. The van der Waals surface area contributed by atoms with Gasteiger partial charge in [-0.3, -0.25) is 0 Å². The Bertz CT molecular complexity index is 604. The molecular weight excluding hydrogens is 285 g/mol. The van der Waals surface area contributed by atoms with Gasteiger partial charge in [-0.15, -0.1) is 0 Å². The highest BCUT2D eigenvalue weighted by Crippen LogP contribution is 2.28. The molecule has 2 rings (SSSR count). The van der Waals surface area contributed by atoms with E-state index in [1.165, 1.54) is 6.07 Å². The average Bonchev–Trinajstić information content (AvgIpc) is 2.54. The molecule has 0 aliphatic carbocycles. The van der Waals surface area contributed by atoms with Crippen LogP contribution in [-0.2, 0) is 11.3 Å². The third-order valence-electron chi connectivity index (χ3n) is 3.13. The zero-order valence-electron chi connectivity index (χ0n) is 12.8. The molecule has 2 aromatic rings. The van der Waals surface area contributed by atoms with Gasteiger partial charge < -0.3 is 19.5 Å². The van der Waals surface area contributed by atoms with E-state index in [9.17, 15) is 4.39 Å². The monoisotopic (exact) mass is 305 g/mol. The Hall–Kier alpha value is -2.27. The quantitative estimate of drug-likeness (QED) is 0.758. The summed E-state index contributed by atoms with van der Waals surface area (Å²) in [6.45, 7) is 1.43. The summed E-state index contributed by atoms with van der Waals surface area (Å²) in [5.74, 6) is 1.03. The van der Waals surface area contributed by atoms with Crippen molar-refractivity contribution in [2.45, 2.75) is 6.54 Å². The number of halogens is 1. The summed E-state index contributed by atoms with van der Waals surface area (Å²) < 4.78 is 29.4. The van der Waals surface area contributed by atoms with Gasteiger partial charge in [0.25, 0.3) is 0 Å². The zero-order valence-corrected chi connectivity index (χ0v) is 12.8. The first-order valence-electron chi connectivity index (χ1n) is 7.01. The highest BCUT2D eigenvalue weighted by Gasteiger charge is 2.07. The fourth-order valence-electron chi connectivity index (χ4n) is 1.98. The predicted octanol–water partition coefficient (Wildman–Crippen LogP) is 3.47. The summed E-state index contributed by atoms with van der Waals surface area (Å²) in [6.07, 6.45) is 0. The summed E-state index contributed by atoms with van der Waals surface area (Å²) in [7, 11) is 3.21. The maximum Gasteiger partial charge on any atom is 0.161 e. The number of ether oxygens (including phenoxy) is 3. The van der Waals surface area contributed by atoms with E-state index in [1.54, 1.807) is 32.4 Å². The van der Waals surface area contributed by atoms with Gasteiger partial charge >= 0.3 is 0 Å². The molecule has 0 aliphatic heterocycles. The molecule has 0 fully saturated rings. The topological polar surface area (TPSA) is 39.7 Å². The van der Waals surface area contributed by atoms with Crippen molar-refractivity contribution in [1.82, 2.24) is 0 Å². The molecule has 0 heterocycles. The van der Waals surface area contributed by atoms with Gasteiger partial charge in [0.2, 0.25) is 0 Å². The first-order chi connectivity index (χ1) is 10.7. The average molecular weight is 305 g/mol. The molecule has 5 heteroatoms. The van der Waals surface area contributed by atoms with Crippen molar-refractivity contribution in [3.8, 4) is 11.5 Å². The van der Waals surface area contributed by atoms with Crippen molar-refractivity contribution < 1.29 is 18.6 Å². The van der Waals surface area contributed by atoms with Crippen LogP contribution in [0.4, 0.5) is 10.1 Å². The predicted molar refractivity (Wildman–Crippen MR) is 84.1 cm³/mol. The molecule has 22 heavy (non-hydrogen) atoms. The number of methoxy groups -OCH3 is 2.